The highest BCUT2D eigenvalue weighted by Gasteiger charge is 1.93. The zero-order valence-electron chi connectivity index (χ0n) is 12.8. The number of carbonyl (C=O) groups is 1. The Kier molecular flexibility index (Phi) is 13.6. The molecule has 0 saturated heterocycles. The first-order valence-electron chi connectivity index (χ1n) is 8.26. The lowest BCUT2D eigenvalue weighted by Crippen LogP contribution is -1.83. The summed E-state index contributed by atoms with van der Waals surface area (Å²) in [5.41, 5.74) is 0. The van der Waals surface area contributed by atoms with E-state index in [2.05, 4.69) is 6.92 Å². The first kappa shape index (κ1) is 14.7. The van der Waals surface area contributed by atoms with Crippen LogP contribution in [0.5, 0.6) is 0 Å². The Hall–Kier alpha value is -0.330. The van der Waals surface area contributed by atoms with Gasteiger partial charge in [-0.3, -0.25) is 0 Å². The molecule has 0 aromatic heterocycles. The van der Waals surface area contributed by atoms with Crippen molar-refractivity contribution in [2.45, 2.75) is 96.8 Å². The molecule has 0 aliphatic rings. The summed E-state index contributed by atoms with van der Waals surface area (Å²) in [4.78, 5) is 10.2. The van der Waals surface area contributed by atoms with Gasteiger partial charge in [0.05, 0.1) is 0 Å². The number of aldehydes is 1. The van der Waals surface area contributed by atoms with Crippen LogP contribution >= 0.6 is 0 Å². The van der Waals surface area contributed by atoms with E-state index >= 15 is 0 Å². The van der Waals surface area contributed by atoms with E-state index < -0.39 is 6.40 Å². The summed E-state index contributed by atoms with van der Waals surface area (Å²) in [5, 5.41) is 0. The molecule has 1 heteroatoms. The van der Waals surface area contributed by atoms with Crippen LogP contribution in [0.1, 0.15) is 98.2 Å². The van der Waals surface area contributed by atoms with Gasteiger partial charge in [0.15, 0.2) is 0 Å². The van der Waals surface area contributed by atoms with E-state index in [1.165, 1.54) is 70.6 Å². The van der Waals surface area contributed by atoms with Crippen molar-refractivity contribution in [3.05, 3.63) is 0 Å². The molecule has 0 aromatic rings. The first-order valence-corrected chi connectivity index (χ1v) is 7.68. The van der Waals surface area contributed by atoms with Crippen molar-refractivity contribution < 1.29 is 6.17 Å². The summed E-state index contributed by atoms with van der Waals surface area (Å²) in [7, 11) is 0. The van der Waals surface area contributed by atoms with Gasteiger partial charge in [-0.05, 0) is 6.42 Å². The molecule has 0 fully saturated rings. The Bertz CT molecular complexity index is 170. The molecule has 0 amide bonds. The summed E-state index contributed by atoms with van der Waals surface area (Å²) in [5.74, 6) is 0. The van der Waals surface area contributed by atoms with Gasteiger partial charge in [-0.1, -0.05) is 84.0 Å². The van der Waals surface area contributed by atoms with Gasteiger partial charge in [0, 0.05) is 7.77 Å². The fourth-order valence-electron chi connectivity index (χ4n) is 2.17. The van der Waals surface area contributed by atoms with Crippen molar-refractivity contribution >= 4 is 6.29 Å². The highest BCUT2D eigenvalue weighted by Crippen LogP contribution is 2.12. The molecule has 0 rings (SSSR count). The van der Waals surface area contributed by atoms with E-state index in [9.17, 15) is 4.79 Å². The molecule has 0 bridgehead atoms. The zero-order valence-corrected chi connectivity index (χ0v) is 11.8. The minimum atomic E-state index is -0.479. The highest BCUT2D eigenvalue weighted by molar-refractivity contribution is 5.48. The second-order valence-corrected chi connectivity index (χ2v) is 5.05. The molecule has 0 saturated carbocycles. The maximum atomic E-state index is 10.2. The molecule has 1 atom stereocenters. The number of rotatable bonds is 14. The van der Waals surface area contributed by atoms with Gasteiger partial charge >= 0.3 is 0 Å². The molecule has 17 heavy (non-hydrogen) atoms. The summed E-state index contributed by atoms with van der Waals surface area (Å²) in [6.45, 7) is 2.26. The van der Waals surface area contributed by atoms with Gasteiger partial charge in [-0.25, -0.2) is 0 Å². The number of hydrogen-bond donors (Lipinski definition) is 0. The van der Waals surface area contributed by atoms with Crippen molar-refractivity contribution in [2.75, 3.05) is 0 Å². The van der Waals surface area contributed by atoms with Crippen molar-refractivity contribution in [3.8, 4) is 0 Å². The third-order valence-electron chi connectivity index (χ3n) is 3.32. The van der Waals surface area contributed by atoms with E-state index in [1.54, 1.807) is 0 Å². The number of carbonyl (C=O) groups excluding carboxylic acids is 1. The monoisotopic (exact) mass is 241 g/mol. The molecule has 0 N–H and O–H groups in total. The topological polar surface area (TPSA) is 17.1 Å². The van der Waals surface area contributed by atoms with Crippen LogP contribution in [0.3, 0.4) is 0 Å². The molecule has 0 aliphatic heterocycles. The van der Waals surface area contributed by atoms with E-state index in [0.717, 1.165) is 19.1 Å². The summed E-state index contributed by atoms with van der Waals surface area (Å²) >= 11 is 0. The number of hydrogen-bond acceptors (Lipinski definition) is 1. The Morgan fingerprint density at radius 3 is 1.41 bits per heavy atom. The van der Waals surface area contributed by atoms with Crippen LogP contribution in [0.4, 0.5) is 0 Å². The lowest BCUT2D eigenvalue weighted by Gasteiger charge is -2.02. The van der Waals surface area contributed by atoms with Crippen LogP contribution in [0.15, 0.2) is 0 Å². The first-order chi connectivity index (χ1) is 8.81. The molecule has 102 valence electrons. The van der Waals surface area contributed by atoms with Crippen molar-refractivity contribution in [3.63, 3.8) is 0 Å². The molecule has 1 unspecified atom stereocenters. The Morgan fingerprint density at radius 2 is 1.06 bits per heavy atom. The van der Waals surface area contributed by atoms with Crippen LogP contribution in [-0.2, 0) is 4.79 Å². The third-order valence-corrected chi connectivity index (χ3v) is 3.32. The van der Waals surface area contributed by atoms with E-state index in [0.29, 0.717) is 0 Å². The Balaban J connectivity index is 2.96. The van der Waals surface area contributed by atoms with Gasteiger partial charge in [0.2, 0.25) is 0 Å². The average molecular weight is 241 g/mol. The lowest BCUT2D eigenvalue weighted by atomic mass is 10.0. The highest BCUT2D eigenvalue weighted by atomic mass is 16.1. The van der Waals surface area contributed by atoms with Crippen molar-refractivity contribution in [2.24, 2.45) is 0 Å². The molecule has 0 heterocycles. The fourth-order valence-corrected chi connectivity index (χ4v) is 2.17. The normalized spacial score (nSPS) is 13.4. The van der Waals surface area contributed by atoms with Gasteiger partial charge < -0.3 is 4.79 Å². The minimum absolute atomic E-state index is 0.479. The fraction of sp³-hybridized carbons (Fsp3) is 0.938. The molecule has 1 nitrogen and oxygen atoms in total. The third kappa shape index (κ3) is 15.7. The largest absolute Gasteiger partial charge is 0.303 e. The van der Waals surface area contributed by atoms with Crippen molar-refractivity contribution in [1.82, 2.24) is 0 Å². The van der Waals surface area contributed by atoms with Crippen molar-refractivity contribution in [1.29, 1.82) is 0 Å². The maximum Gasteiger partial charge on any atom is 0.119 e. The maximum absolute atomic E-state index is 10.2. The van der Waals surface area contributed by atoms with Crippen LogP contribution in [-0.4, -0.2) is 6.29 Å². The minimum Gasteiger partial charge on any atom is -0.303 e. The second kappa shape index (κ2) is 15.7. The molecular formula is C16H32O. The van der Waals surface area contributed by atoms with Crippen LogP contribution < -0.4 is 0 Å². The molecule has 0 spiro atoms. The zero-order chi connectivity index (χ0) is 13.5. The summed E-state index contributed by atoms with van der Waals surface area (Å²) in [6, 6.07) is 0. The van der Waals surface area contributed by atoms with Crippen LogP contribution in [0.25, 0.3) is 0 Å². The SMILES string of the molecule is [2H]C(C=O)CCCCCCCCCCCCCC. The predicted molar refractivity (Wildman–Crippen MR) is 76.4 cm³/mol. The molecule has 0 aromatic carbocycles. The number of unbranched alkanes of at least 4 members (excludes halogenated alkanes) is 11. The van der Waals surface area contributed by atoms with Crippen LogP contribution in [0, 0.1) is 0 Å². The molecule has 0 radical (unpaired) electrons. The van der Waals surface area contributed by atoms with E-state index in [1.807, 2.05) is 0 Å². The summed E-state index contributed by atoms with van der Waals surface area (Å²) in [6.07, 6.45) is 17.0. The molecular weight excluding hydrogens is 208 g/mol. The van der Waals surface area contributed by atoms with Gasteiger partial charge in [0.25, 0.3) is 0 Å². The summed E-state index contributed by atoms with van der Waals surface area (Å²) < 4.78 is 7.29. The Morgan fingerprint density at radius 1 is 0.706 bits per heavy atom. The van der Waals surface area contributed by atoms with Crippen LogP contribution in [0.2, 0.25) is 0 Å². The average Bonchev–Trinajstić information content (AvgIpc) is 2.39. The smallest absolute Gasteiger partial charge is 0.119 e. The van der Waals surface area contributed by atoms with E-state index in [-0.39, 0.29) is 0 Å². The van der Waals surface area contributed by atoms with Gasteiger partial charge in [-0.15, -0.1) is 0 Å². The van der Waals surface area contributed by atoms with Gasteiger partial charge in [-0.2, -0.15) is 0 Å². The predicted octanol–water partition coefficient (Wildman–Crippen LogP) is 5.67. The Labute approximate surface area is 110 Å². The van der Waals surface area contributed by atoms with E-state index in [4.69, 9.17) is 1.37 Å². The standard InChI is InChI=1S/C16H32O/c1-2-3-4-5-6-7-8-9-10-11-12-13-14-15-16-17/h16H,2-15H2,1H3/i15D. The van der Waals surface area contributed by atoms with Gasteiger partial charge in [0.1, 0.15) is 6.29 Å². The lowest BCUT2D eigenvalue weighted by molar-refractivity contribution is -0.107. The molecule has 0 aliphatic carbocycles. The quantitative estimate of drug-likeness (QED) is 0.283. The second-order valence-electron chi connectivity index (χ2n) is 5.05.